The van der Waals surface area contributed by atoms with Crippen LogP contribution in [0, 0.1) is 0 Å². The van der Waals surface area contributed by atoms with Crippen molar-refractivity contribution in [3.63, 3.8) is 0 Å². The van der Waals surface area contributed by atoms with Gasteiger partial charge in [-0.2, -0.15) is 5.10 Å². The van der Waals surface area contributed by atoms with E-state index in [0.29, 0.717) is 20.3 Å². The maximum Gasteiger partial charge on any atom is 0.189 e. The summed E-state index contributed by atoms with van der Waals surface area (Å²) in [7, 11) is 0. The minimum absolute atomic E-state index is 0.387. The molecular weight excluding hydrogens is 387 g/mol. The quantitative estimate of drug-likeness (QED) is 0.393. The molecule has 0 spiro atoms. The first-order valence-corrected chi connectivity index (χ1v) is 8.79. The lowest BCUT2D eigenvalue weighted by Gasteiger charge is -2.01. The van der Waals surface area contributed by atoms with E-state index >= 15 is 0 Å². The predicted octanol–water partition coefficient (Wildman–Crippen LogP) is 6.29. The zero-order chi connectivity index (χ0) is 16.9. The van der Waals surface area contributed by atoms with Crippen LogP contribution in [0.4, 0.5) is 16.5 Å². The van der Waals surface area contributed by atoms with Crippen LogP contribution in [0.15, 0.2) is 53.6 Å². The number of halogens is 3. The summed E-state index contributed by atoms with van der Waals surface area (Å²) in [4.78, 5) is 5.01. The first kappa shape index (κ1) is 17.0. The van der Waals surface area contributed by atoms with Crippen LogP contribution in [0.3, 0.4) is 0 Å². The van der Waals surface area contributed by atoms with E-state index in [2.05, 4.69) is 20.8 Å². The second-order valence-corrected chi connectivity index (χ2v) is 6.87. The molecule has 2 aromatic carbocycles. The predicted molar refractivity (Wildman–Crippen MR) is 105 cm³/mol. The van der Waals surface area contributed by atoms with Gasteiger partial charge in [-0.1, -0.05) is 64.3 Å². The van der Waals surface area contributed by atoms with E-state index < -0.39 is 0 Å². The molecule has 0 unspecified atom stereocenters. The number of benzene rings is 2. The minimum Gasteiger partial charge on any atom is -0.331 e. The summed E-state index contributed by atoms with van der Waals surface area (Å²) in [5.41, 5.74) is 4.54. The van der Waals surface area contributed by atoms with Gasteiger partial charge in [0, 0.05) is 5.69 Å². The molecule has 1 aromatic heterocycles. The Morgan fingerprint density at radius 2 is 1.75 bits per heavy atom. The monoisotopic (exact) mass is 396 g/mol. The molecule has 3 rings (SSSR count). The molecule has 4 nitrogen and oxygen atoms in total. The van der Waals surface area contributed by atoms with E-state index in [-0.39, 0.29) is 0 Å². The molecule has 0 aliphatic rings. The average Bonchev–Trinajstić information content (AvgIpc) is 2.91. The van der Waals surface area contributed by atoms with Gasteiger partial charge in [-0.15, -0.1) is 0 Å². The van der Waals surface area contributed by atoms with E-state index in [1.165, 1.54) is 11.3 Å². The molecule has 0 amide bonds. The van der Waals surface area contributed by atoms with Crippen molar-refractivity contribution in [3.8, 4) is 0 Å². The van der Waals surface area contributed by atoms with Crippen LogP contribution < -0.4 is 10.7 Å². The van der Waals surface area contributed by atoms with E-state index in [9.17, 15) is 0 Å². The number of para-hydroxylation sites is 1. The van der Waals surface area contributed by atoms with Gasteiger partial charge >= 0.3 is 0 Å². The third-order valence-electron chi connectivity index (χ3n) is 2.93. The molecule has 0 bridgehead atoms. The summed E-state index contributed by atoms with van der Waals surface area (Å²) in [6, 6.07) is 14.9. The maximum atomic E-state index is 6.14. The molecule has 122 valence electrons. The smallest absolute Gasteiger partial charge is 0.189 e. The van der Waals surface area contributed by atoms with E-state index in [1.54, 1.807) is 24.4 Å². The van der Waals surface area contributed by atoms with Crippen molar-refractivity contribution in [2.24, 2.45) is 5.10 Å². The van der Waals surface area contributed by atoms with Crippen LogP contribution in [-0.2, 0) is 0 Å². The van der Waals surface area contributed by atoms with Crippen LogP contribution in [0.1, 0.15) is 4.88 Å². The Kier molecular flexibility index (Phi) is 5.58. The molecule has 8 heteroatoms. The molecule has 0 saturated carbocycles. The lowest BCUT2D eigenvalue weighted by Crippen LogP contribution is -1.89. The number of nitrogens with zero attached hydrogens (tertiary/aromatic N) is 2. The second kappa shape index (κ2) is 7.85. The Labute approximate surface area is 158 Å². The number of thiazole rings is 1. The molecule has 0 fully saturated rings. The SMILES string of the molecule is Clc1ccc(N/N=C/c2sc(Nc3ccccc3)nc2Cl)cc1Cl. The number of hydrogen-bond acceptors (Lipinski definition) is 5. The Morgan fingerprint density at radius 1 is 0.958 bits per heavy atom. The highest BCUT2D eigenvalue weighted by Gasteiger charge is 2.07. The Hall–Kier alpha value is -1.79. The number of rotatable bonds is 5. The standard InChI is InChI=1S/C16H11Cl3N4S/c17-12-7-6-11(8-13(12)18)23-20-9-14-15(19)22-16(24-14)21-10-4-2-1-3-5-10/h1-9,23H,(H,21,22)/b20-9+. The van der Waals surface area contributed by atoms with Crippen LogP contribution in [-0.4, -0.2) is 11.2 Å². The minimum atomic E-state index is 0.387. The molecule has 3 aromatic rings. The fraction of sp³-hybridized carbons (Fsp3) is 0. The fourth-order valence-electron chi connectivity index (χ4n) is 1.82. The molecule has 1 heterocycles. The van der Waals surface area contributed by atoms with Gasteiger partial charge in [-0.3, -0.25) is 5.43 Å². The molecule has 0 aliphatic heterocycles. The Morgan fingerprint density at radius 3 is 2.50 bits per heavy atom. The van der Waals surface area contributed by atoms with Crippen LogP contribution in [0.25, 0.3) is 0 Å². The summed E-state index contributed by atoms with van der Waals surface area (Å²) in [6.45, 7) is 0. The first-order chi connectivity index (χ1) is 11.6. The molecule has 24 heavy (non-hydrogen) atoms. The van der Waals surface area contributed by atoms with Crippen molar-refractivity contribution in [2.75, 3.05) is 10.7 Å². The lowest BCUT2D eigenvalue weighted by molar-refractivity contribution is 1.35. The number of hydrogen-bond donors (Lipinski definition) is 2. The van der Waals surface area contributed by atoms with Gasteiger partial charge < -0.3 is 5.32 Å². The van der Waals surface area contributed by atoms with Gasteiger partial charge in [-0.05, 0) is 30.3 Å². The van der Waals surface area contributed by atoms with Crippen LogP contribution in [0.2, 0.25) is 15.2 Å². The van der Waals surface area contributed by atoms with E-state index in [4.69, 9.17) is 34.8 Å². The zero-order valence-corrected chi connectivity index (χ0v) is 15.2. The number of hydrazone groups is 1. The Balaban J connectivity index is 1.67. The Bertz CT molecular complexity index is 865. The van der Waals surface area contributed by atoms with Crippen molar-refractivity contribution < 1.29 is 0 Å². The summed E-state index contributed by atoms with van der Waals surface area (Å²) < 4.78 is 0. The summed E-state index contributed by atoms with van der Waals surface area (Å²) >= 11 is 19.4. The highest BCUT2D eigenvalue weighted by atomic mass is 35.5. The highest BCUT2D eigenvalue weighted by Crippen LogP contribution is 2.28. The molecule has 0 radical (unpaired) electrons. The maximum absolute atomic E-state index is 6.14. The average molecular weight is 398 g/mol. The van der Waals surface area contributed by atoms with Gasteiger partial charge in [0.15, 0.2) is 10.3 Å². The second-order valence-electron chi connectivity index (χ2n) is 4.66. The summed E-state index contributed by atoms with van der Waals surface area (Å²) in [5, 5.41) is 9.38. The third kappa shape index (κ3) is 4.39. The third-order valence-corrected chi connectivity index (χ3v) is 4.97. The van der Waals surface area contributed by atoms with Gasteiger partial charge in [0.2, 0.25) is 0 Å². The van der Waals surface area contributed by atoms with Crippen molar-refractivity contribution >= 4 is 68.9 Å². The molecular formula is C16H11Cl3N4S. The summed E-state index contributed by atoms with van der Waals surface area (Å²) in [5.74, 6) is 0. The van der Waals surface area contributed by atoms with E-state index in [0.717, 1.165) is 16.3 Å². The molecule has 2 N–H and O–H groups in total. The molecule has 0 aliphatic carbocycles. The normalized spacial score (nSPS) is 11.0. The number of anilines is 3. The largest absolute Gasteiger partial charge is 0.331 e. The van der Waals surface area contributed by atoms with Gasteiger partial charge in [0.05, 0.1) is 26.8 Å². The van der Waals surface area contributed by atoms with Crippen molar-refractivity contribution in [2.45, 2.75) is 0 Å². The van der Waals surface area contributed by atoms with Gasteiger partial charge in [0.1, 0.15) is 0 Å². The van der Waals surface area contributed by atoms with Crippen molar-refractivity contribution in [1.82, 2.24) is 4.98 Å². The fourth-order valence-corrected chi connectivity index (χ4v) is 3.17. The molecule has 0 atom stereocenters. The van der Waals surface area contributed by atoms with E-state index in [1.807, 2.05) is 30.3 Å². The summed E-state index contributed by atoms with van der Waals surface area (Å²) in [6.07, 6.45) is 1.61. The zero-order valence-electron chi connectivity index (χ0n) is 12.1. The molecule has 0 saturated heterocycles. The number of nitrogens with one attached hydrogen (secondary N) is 2. The van der Waals surface area contributed by atoms with Gasteiger partial charge in [-0.25, -0.2) is 4.98 Å². The lowest BCUT2D eigenvalue weighted by atomic mass is 10.3. The van der Waals surface area contributed by atoms with Crippen molar-refractivity contribution in [3.05, 3.63) is 68.6 Å². The number of aromatic nitrogens is 1. The van der Waals surface area contributed by atoms with Crippen molar-refractivity contribution in [1.29, 1.82) is 0 Å². The topological polar surface area (TPSA) is 49.3 Å². The van der Waals surface area contributed by atoms with Crippen LogP contribution >= 0.6 is 46.1 Å². The first-order valence-electron chi connectivity index (χ1n) is 6.84. The van der Waals surface area contributed by atoms with Crippen LogP contribution in [0.5, 0.6) is 0 Å². The highest BCUT2D eigenvalue weighted by molar-refractivity contribution is 7.17. The van der Waals surface area contributed by atoms with Gasteiger partial charge in [0.25, 0.3) is 0 Å².